The SMILES string of the molecule is CON(CC(C)C)S(=O)(=O)c1cc(C(=O)O)n(C)c1. The maximum absolute atomic E-state index is 12.3. The van der Waals surface area contributed by atoms with Gasteiger partial charge in [0.2, 0.25) is 0 Å². The highest BCUT2D eigenvalue weighted by molar-refractivity contribution is 7.89. The Bertz CT molecular complexity index is 562. The first-order valence-corrected chi connectivity index (χ1v) is 7.10. The van der Waals surface area contributed by atoms with Gasteiger partial charge in [0.1, 0.15) is 10.6 Å². The van der Waals surface area contributed by atoms with E-state index in [9.17, 15) is 13.2 Å². The average molecular weight is 290 g/mol. The van der Waals surface area contributed by atoms with Crippen LogP contribution in [0.3, 0.4) is 0 Å². The van der Waals surface area contributed by atoms with Gasteiger partial charge in [0, 0.05) is 19.8 Å². The highest BCUT2D eigenvalue weighted by atomic mass is 32.2. The minimum Gasteiger partial charge on any atom is -0.477 e. The quantitative estimate of drug-likeness (QED) is 0.787. The van der Waals surface area contributed by atoms with Gasteiger partial charge in [-0.05, 0) is 12.0 Å². The Morgan fingerprint density at radius 2 is 2.11 bits per heavy atom. The summed E-state index contributed by atoms with van der Waals surface area (Å²) < 4.78 is 26.7. The number of hydroxylamine groups is 1. The van der Waals surface area contributed by atoms with Gasteiger partial charge in [0.15, 0.2) is 0 Å². The molecule has 0 saturated carbocycles. The van der Waals surface area contributed by atoms with E-state index in [2.05, 4.69) is 0 Å². The standard InChI is InChI=1S/C11H18N2O5S/c1-8(2)6-13(18-4)19(16,17)9-5-10(11(14)15)12(3)7-9/h5,7-8H,6H2,1-4H3,(H,14,15). The summed E-state index contributed by atoms with van der Waals surface area (Å²) in [7, 11) is -1.12. The lowest BCUT2D eigenvalue weighted by Crippen LogP contribution is -2.33. The van der Waals surface area contributed by atoms with Crippen LogP contribution in [0.5, 0.6) is 0 Å². The van der Waals surface area contributed by atoms with E-state index in [1.165, 1.54) is 24.9 Å². The van der Waals surface area contributed by atoms with Crippen LogP contribution in [0.2, 0.25) is 0 Å². The predicted molar refractivity (Wildman–Crippen MR) is 68.1 cm³/mol. The van der Waals surface area contributed by atoms with Gasteiger partial charge in [-0.2, -0.15) is 0 Å². The molecule has 1 rings (SSSR count). The van der Waals surface area contributed by atoms with E-state index in [4.69, 9.17) is 9.94 Å². The summed E-state index contributed by atoms with van der Waals surface area (Å²) in [5.74, 6) is -1.10. The Morgan fingerprint density at radius 1 is 1.53 bits per heavy atom. The van der Waals surface area contributed by atoms with E-state index < -0.39 is 16.0 Å². The zero-order chi connectivity index (χ0) is 14.8. The third-order valence-electron chi connectivity index (χ3n) is 2.48. The molecule has 0 aliphatic heterocycles. The zero-order valence-corrected chi connectivity index (χ0v) is 12.1. The van der Waals surface area contributed by atoms with Crippen molar-refractivity contribution in [2.24, 2.45) is 13.0 Å². The molecule has 0 amide bonds. The number of carbonyl (C=O) groups is 1. The fourth-order valence-corrected chi connectivity index (χ4v) is 3.05. The van der Waals surface area contributed by atoms with Gasteiger partial charge in [0.05, 0.1) is 7.11 Å². The molecule has 0 unspecified atom stereocenters. The number of hydrogen-bond acceptors (Lipinski definition) is 4. The molecule has 0 bridgehead atoms. The molecule has 1 aromatic rings. The third kappa shape index (κ3) is 3.34. The first-order chi connectivity index (χ1) is 8.70. The summed E-state index contributed by atoms with van der Waals surface area (Å²) in [6, 6.07) is 1.12. The average Bonchev–Trinajstić information content (AvgIpc) is 2.68. The van der Waals surface area contributed by atoms with E-state index in [1.54, 1.807) is 0 Å². The van der Waals surface area contributed by atoms with Crippen LogP contribution in [0, 0.1) is 5.92 Å². The molecule has 108 valence electrons. The Balaban J connectivity index is 3.19. The van der Waals surface area contributed by atoms with Crippen molar-refractivity contribution in [2.75, 3.05) is 13.7 Å². The molecule has 0 aliphatic carbocycles. The zero-order valence-electron chi connectivity index (χ0n) is 11.3. The van der Waals surface area contributed by atoms with Gasteiger partial charge >= 0.3 is 5.97 Å². The fraction of sp³-hybridized carbons (Fsp3) is 0.545. The Morgan fingerprint density at radius 3 is 2.47 bits per heavy atom. The molecule has 0 atom stereocenters. The smallest absolute Gasteiger partial charge is 0.352 e. The molecule has 19 heavy (non-hydrogen) atoms. The van der Waals surface area contributed by atoms with Crippen LogP contribution in [-0.2, 0) is 21.9 Å². The van der Waals surface area contributed by atoms with Gasteiger partial charge < -0.3 is 9.67 Å². The van der Waals surface area contributed by atoms with Crippen LogP contribution in [0.15, 0.2) is 17.2 Å². The molecule has 8 heteroatoms. The molecule has 0 fully saturated rings. The summed E-state index contributed by atoms with van der Waals surface area (Å²) in [4.78, 5) is 15.7. The Hall–Kier alpha value is -1.38. The van der Waals surface area contributed by atoms with Crippen LogP contribution in [0.1, 0.15) is 24.3 Å². The molecule has 1 aromatic heterocycles. The molecular weight excluding hydrogens is 272 g/mol. The predicted octanol–water partition coefficient (Wildman–Crippen LogP) is 0.931. The molecule has 7 nitrogen and oxygen atoms in total. The van der Waals surface area contributed by atoms with Crippen molar-refractivity contribution in [3.63, 3.8) is 0 Å². The van der Waals surface area contributed by atoms with E-state index in [0.717, 1.165) is 10.5 Å². The van der Waals surface area contributed by atoms with E-state index in [0.29, 0.717) is 0 Å². The number of hydrogen-bond donors (Lipinski definition) is 1. The summed E-state index contributed by atoms with van der Waals surface area (Å²) >= 11 is 0. The number of aromatic carboxylic acids is 1. The normalized spacial score (nSPS) is 12.3. The van der Waals surface area contributed by atoms with Crippen molar-refractivity contribution in [1.29, 1.82) is 0 Å². The van der Waals surface area contributed by atoms with Gasteiger partial charge in [-0.15, -0.1) is 0 Å². The van der Waals surface area contributed by atoms with E-state index in [-0.39, 0.29) is 23.1 Å². The van der Waals surface area contributed by atoms with Crippen molar-refractivity contribution in [3.05, 3.63) is 18.0 Å². The first kappa shape index (κ1) is 15.7. The molecule has 0 aromatic carbocycles. The lowest BCUT2D eigenvalue weighted by molar-refractivity contribution is -0.0557. The maximum atomic E-state index is 12.3. The largest absolute Gasteiger partial charge is 0.477 e. The molecular formula is C11H18N2O5S. The monoisotopic (exact) mass is 290 g/mol. The number of carboxylic acids is 1. The van der Waals surface area contributed by atoms with Crippen LogP contribution < -0.4 is 0 Å². The highest BCUT2D eigenvalue weighted by Crippen LogP contribution is 2.19. The summed E-state index contributed by atoms with van der Waals surface area (Å²) in [5, 5.41) is 8.93. The van der Waals surface area contributed by atoms with Crippen molar-refractivity contribution < 1.29 is 23.2 Å². The molecule has 0 radical (unpaired) electrons. The molecule has 0 aliphatic rings. The number of carboxylic acid groups (broad SMARTS) is 1. The van der Waals surface area contributed by atoms with Gasteiger partial charge in [-0.25, -0.2) is 13.2 Å². The number of rotatable bonds is 6. The second-order valence-electron chi connectivity index (χ2n) is 4.54. The van der Waals surface area contributed by atoms with Crippen molar-refractivity contribution in [1.82, 2.24) is 9.04 Å². The Kier molecular flexibility index (Phi) is 4.72. The summed E-state index contributed by atoms with van der Waals surface area (Å²) in [6.45, 7) is 3.90. The number of aryl methyl sites for hydroxylation is 1. The van der Waals surface area contributed by atoms with Gasteiger partial charge in [-0.1, -0.05) is 18.3 Å². The van der Waals surface area contributed by atoms with Crippen molar-refractivity contribution in [2.45, 2.75) is 18.7 Å². The van der Waals surface area contributed by atoms with E-state index >= 15 is 0 Å². The van der Waals surface area contributed by atoms with Crippen LogP contribution in [0.25, 0.3) is 0 Å². The number of sulfonamides is 1. The van der Waals surface area contributed by atoms with Crippen LogP contribution in [-0.4, -0.2) is 42.2 Å². The van der Waals surface area contributed by atoms with Crippen molar-refractivity contribution in [3.8, 4) is 0 Å². The van der Waals surface area contributed by atoms with E-state index in [1.807, 2.05) is 13.8 Å². The second kappa shape index (κ2) is 5.72. The lowest BCUT2D eigenvalue weighted by Gasteiger charge is -2.20. The highest BCUT2D eigenvalue weighted by Gasteiger charge is 2.28. The maximum Gasteiger partial charge on any atom is 0.352 e. The lowest BCUT2D eigenvalue weighted by atomic mass is 10.2. The van der Waals surface area contributed by atoms with Crippen LogP contribution >= 0.6 is 0 Å². The molecule has 0 saturated heterocycles. The molecule has 1 heterocycles. The minimum atomic E-state index is -3.85. The molecule has 1 N–H and O–H groups in total. The number of nitrogens with zero attached hydrogens (tertiary/aromatic N) is 2. The topological polar surface area (TPSA) is 88.8 Å². The van der Waals surface area contributed by atoms with Crippen molar-refractivity contribution >= 4 is 16.0 Å². The Labute approximate surface area is 112 Å². The van der Waals surface area contributed by atoms with Crippen LogP contribution in [0.4, 0.5) is 0 Å². The number of aromatic nitrogens is 1. The fourth-order valence-electron chi connectivity index (χ4n) is 1.57. The third-order valence-corrected chi connectivity index (χ3v) is 4.14. The first-order valence-electron chi connectivity index (χ1n) is 5.66. The summed E-state index contributed by atoms with van der Waals surface area (Å²) in [5.41, 5.74) is -0.0980. The summed E-state index contributed by atoms with van der Waals surface area (Å²) in [6.07, 6.45) is 1.26. The van der Waals surface area contributed by atoms with Gasteiger partial charge in [0.25, 0.3) is 10.0 Å². The second-order valence-corrected chi connectivity index (χ2v) is 6.37. The minimum absolute atomic E-state index is 0.0809. The molecule has 0 spiro atoms. The van der Waals surface area contributed by atoms with Gasteiger partial charge in [-0.3, -0.25) is 4.84 Å².